The van der Waals surface area contributed by atoms with Crippen molar-refractivity contribution >= 4 is 23.1 Å². The number of non-ortho nitro benzene ring substituents is 1. The van der Waals surface area contributed by atoms with Crippen LogP contribution in [-0.4, -0.2) is 26.6 Å². The lowest BCUT2D eigenvalue weighted by molar-refractivity contribution is -0.384. The first-order valence-electron chi connectivity index (χ1n) is 9.08. The van der Waals surface area contributed by atoms with Gasteiger partial charge < -0.3 is 14.4 Å². The van der Waals surface area contributed by atoms with Crippen molar-refractivity contribution in [3.05, 3.63) is 106 Å². The number of rotatable bonds is 5. The molecule has 1 fully saturated rings. The Labute approximate surface area is 170 Å². The number of Topliss-reactive ketones (excluding diaryl/α,β-unsaturated/α-hetero) is 1. The molecule has 0 radical (unpaired) electrons. The summed E-state index contributed by atoms with van der Waals surface area (Å²) in [6.07, 6.45) is 1.46. The number of carbonyl (C=O) groups excluding carboxylic acids is 2. The number of carbonyl (C=O) groups is 2. The maximum absolute atomic E-state index is 12.9. The van der Waals surface area contributed by atoms with Gasteiger partial charge >= 0.3 is 0 Å². The quantitative estimate of drug-likeness (QED) is 0.227. The average Bonchev–Trinajstić information content (AvgIpc) is 3.36. The molecule has 8 nitrogen and oxygen atoms in total. The van der Waals surface area contributed by atoms with Crippen LogP contribution in [0.1, 0.15) is 22.9 Å². The number of aliphatic hydroxyl groups excluding tert-OH is 1. The number of hydrogen-bond donors (Lipinski definition) is 1. The van der Waals surface area contributed by atoms with Gasteiger partial charge in [-0.05, 0) is 29.8 Å². The van der Waals surface area contributed by atoms with Crippen LogP contribution in [0.4, 0.5) is 5.69 Å². The Kier molecular flexibility index (Phi) is 4.89. The maximum atomic E-state index is 12.9. The van der Waals surface area contributed by atoms with E-state index in [4.69, 9.17) is 4.42 Å². The van der Waals surface area contributed by atoms with E-state index in [1.807, 2.05) is 0 Å². The minimum atomic E-state index is -0.920. The number of benzene rings is 2. The van der Waals surface area contributed by atoms with E-state index < -0.39 is 22.7 Å². The fourth-order valence-corrected chi connectivity index (χ4v) is 3.49. The molecule has 0 saturated carbocycles. The van der Waals surface area contributed by atoms with Gasteiger partial charge in [-0.25, -0.2) is 0 Å². The van der Waals surface area contributed by atoms with Crippen molar-refractivity contribution in [1.82, 2.24) is 4.90 Å². The van der Waals surface area contributed by atoms with Crippen LogP contribution in [-0.2, 0) is 16.1 Å². The average molecular weight is 404 g/mol. The molecule has 150 valence electrons. The van der Waals surface area contributed by atoms with Gasteiger partial charge in [0, 0.05) is 17.7 Å². The van der Waals surface area contributed by atoms with Crippen LogP contribution in [0.15, 0.2) is 83.0 Å². The molecular weight excluding hydrogens is 388 g/mol. The van der Waals surface area contributed by atoms with Crippen molar-refractivity contribution in [1.29, 1.82) is 0 Å². The fourth-order valence-electron chi connectivity index (χ4n) is 3.49. The number of hydrogen-bond acceptors (Lipinski definition) is 6. The molecule has 1 N–H and O–H groups in total. The lowest BCUT2D eigenvalue weighted by Gasteiger charge is -2.24. The topological polar surface area (TPSA) is 114 Å². The van der Waals surface area contributed by atoms with E-state index in [9.17, 15) is 24.8 Å². The molecule has 1 aliphatic rings. The molecule has 0 bridgehead atoms. The van der Waals surface area contributed by atoms with E-state index in [0.29, 0.717) is 16.9 Å². The highest BCUT2D eigenvalue weighted by atomic mass is 16.6. The van der Waals surface area contributed by atoms with E-state index in [1.54, 1.807) is 42.5 Å². The first-order chi connectivity index (χ1) is 14.5. The molecule has 1 atom stereocenters. The fraction of sp³-hybridized carbons (Fsp3) is 0.0909. The maximum Gasteiger partial charge on any atom is 0.296 e. The largest absolute Gasteiger partial charge is 0.507 e. The van der Waals surface area contributed by atoms with Crippen LogP contribution in [0, 0.1) is 10.1 Å². The lowest BCUT2D eigenvalue weighted by Crippen LogP contribution is -2.29. The minimum absolute atomic E-state index is 0.00476. The second-order valence-electron chi connectivity index (χ2n) is 6.72. The molecule has 3 aromatic rings. The molecule has 2 heterocycles. The van der Waals surface area contributed by atoms with Gasteiger partial charge in [-0.15, -0.1) is 0 Å². The van der Waals surface area contributed by atoms with Gasteiger partial charge in [0.05, 0.1) is 29.3 Å². The second-order valence-corrected chi connectivity index (χ2v) is 6.72. The molecule has 0 unspecified atom stereocenters. The second kappa shape index (κ2) is 7.67. The zero-order valence-electron chi connectivity index (χ0n) is 15.6. The summed E-state index contributed by atoms with van der Waals surface area (Å²) in [7, 11) is 0. The van der Waals surface area contributed by atoms with E-state index in [1.165, 1.54) is 35.4 Å². The normalized spacial score (nSPS) is 18.0. The van der Waals surface area contributed by atoms with Crippen LogP contribution in [0.3, 0.4) is 0 Å². The summed E-state index contributed by atoms with van der Waals surface area (Å²) in [5.74, 6) is -1.46. The summed E-state index contributed by atoms with van der Waals surface area (Å²) in [6, 6.07) is 16.4. The Morgan fingerprint density at radius 3 is 2.33 bits per heavy atom. The number of nitrogens with zero attached hydrogens (tertiary/aromatic N) is 2. The molecular formula is C22H16N2O6. The molecule has 0 spiro atoms. The van der Waals surface area contributed by atoms with Crippen LogP contribution in [0.25, 0.3) is 5.76 Å². The Morgan fingerprint density at radius 2 is 1.73 bits per heavy atom. The van der Waals surface area contributed by atoms with E-state index >= 15 is 0 Å². The van der Waals surface area contributed by atoms with Crippen molar-refractivity contribution < 1.29 is 24.0 Å². The SMILES string of the molecule is O=C1C(=O)N(Cc2ccco2)[C@H](c2ccc([N+](=O)[O-])cc2)/C1=C(\O)c1ccccc1. The van der Waals surface area contributed by atoms with Gasteiger partial charge in [-0.1, -0.05) is 30.3 Å². The van der Waals surface area contributed by atoms with Crippen LogP contribution < -0.4 is 0 Å². The molecule has 0 aliphatic carbocycles. The summed E-state index contributed by atoms with van der Waals surface area (Å²) < 4.78 is 5.32. The third kappa shape index (κ3) is 3.35. The van der Waals surface area contributed by atoms with Gasteiger partial charge in [0.1, 0.15) is 11.5 Å². The summed E-state index contributed by atoms with van der Waals surface area (Å²) in [4.78, 5) is 37.4. The van der Waals surface area contributed by atoms with Crippen LogP contribution >= 0.6 is 0 Å². The zero-order valence-corrected chi connectivity index (χ0v) is 15.6. The van der Waals surface area contributed by atoms with Crippen molar-refractivity contribution in [2.45, 2.75) is 12.6 Å². The Hall–Kier alpha value is -4.20. The summed E-state index contributed by atoms with van der Waals surface area (Å²) in [6.45, 7) is 0.00476. The van der Waals surface area contributed by atoms with Gasteiger partial charge in [0.15, 0.2) is 0 Å². The Bertz CT molecular complexity index is 1130. The Morgan fingerprint density at radius 1 is 1.03 bits per heavy atom. The first-order valence-corrected chi connectivity index (χ1v) is 9.08. The van der Waals surface area contributed by atoms with Crippen LogP contribution in [0.2, 0.25) is 0 Å². The predicted octanol–water partition coefficient (Wildman–Crippen LogP) is 3.81. The zero-order chi connectivity index (χ0) is 21.3. The first kappa shape index (κ1) is 19.1. The number of aliphatic hydroxyl groups is 1. The number of ketones is 1. The Balaban J connectivity index is 1.85. The monoisotopic (exact) mass is 404 g/mol. The molecule has 1 aliphatic heterocycles. The van der Waals surface area contributed by atoms with Gasteiger partial charge in [0.2, 0.25) is 0 Å². The van der Waals surface area contributed by atoms with Crippen LogP contribution in [0.5, 0.6) is 0 Å². The molecule has 1 amide bonds. The molecule has 2 aromatic carbocycles. The van der Waals surface area contributed by atoms with Crippen molar-refractivity contribution in [2.24, 2.45) is 0 Å². The lowest BCUT2D eigenvalue weighted by atomic mass is 9.95. The number of nitro groups is 1. The molecule has 8 heteroatoms. The van der Waals surface area contributed by atoms with Crippen molar-refractivity contribution in [3.63, 3.8) is 0 Å². The molecule has 4 rings (SSSR count). The summed E-state index contributed by atoms with van der Waals surface area (Å²) in [5, 5.41) is 21.9. The van der Waals surface area contributed by atoms with E-state index in [2.05, 4.69) is 0 Å². The number of likely N-dealkylation sites (tertiary alicyclic amines) is 1. The highest BCUT2D eigenvalue weighted by molar-refractivity contribution is 6.46. The minimum Gasteiger partial charge on any atom is -0.507 e. The molecule has 1 aromatic heterocycles. The predicted molar refractivity (Wildman–Crippen MR) is 106 cm³/mol. The van der Waals surface area contributed by atoms with E-state index in [-0.39, 0.29) is 23.6 Å². The standard InChI is InChI=1S/C22H16N2O6/c25-20(15-5-2-1-3-6-15)18-19(14-8-10-16(11-9-14)24(28)29)23(22(27)21(18)26)13-17-7-4-12-30-17/h1-12,19,25H,13H2/b20-18+/t19-/m1/s1. The van der Waals surface area contributed by atoms with Crippen molar-refractivity contribution in [2.75, 3.05) is 0 Å². The summed E-state index contributed by atoms with van der Waals surface area (Å²) in [5.41, 5.74) is 0.653. The van der Waals surface area contributed by atoms with E-state index in [0.717, 1.165) is 0 Å². The molecule has 1 saturated heterocycles. The number of furan rings is 1. The highest BCUT2D eigenvalue weighted by Gasteiger charge is 2.46. The summed E-state index contributed by atoms with van der Waals surface area (Å²) >= 11 is 0. The van der Waals surface area contributed by atoms with Gasteiger partial charge in [-0.3, -0.25) is 19.7 Å². The third-order valence-electron chi connectivity index (χ3n) is 4.91. The van der Waals surface area contributed by atoms with Gasteiger partial charge in [0.25, 0.3) is 17.4 Å². The number of amides is 1. The van der Waals surface area contributed by atoms with Gasteiger partial charge in [-0.2, -0.15) is 0 Å². The smallest absolute Gasteiger partial charge is 0.296 e. The highest BCUT2D eigenvalue weighted by Crippen LogP contribution is 2.40. The number of nitro benzene ring substituents is 1. The van der Waals surface area contributed by atoms with Crippen molar-refractivity contribution in [3.8, 4) is 0 Å². The molecule has 30 heavy (non-hydrogen) atoms. The third-order valence-corrected chi connectivity index (χ3v) is 4.91.